The van der Waals surface area contributed by atoms with Crippen LogP contribution >= 0.6 is 15.9 Å². The number of aromatic nitrogens is 2. The molecule has 5 heteroatoms. The summed E-state index contributed by atoms with van der Waals surface area (Å²) in [4.78, 5) is 0. The molecule has 0 saturated carbocycles. The van der Waals surface area contributed by atoms with E-state index < -0.39 is 0 Å². The summed E-state index contributed by atoms with van der Waals surface area (Å²) >= 11 is 3.32. The van der Waals surface area contributed by atoms with Crippen molar-refractivity contribution in [2.75, 3.05) is 0 Å². The third-order valence-electron chi connectivity index (χ3n) is 1.61. The van der Waals surface area contributed by atoms with Crippen molar-refractivity contribution in [3.05, 3.63) is 34.6 Å². The van der Waals surface area contributed by atoms with Gasteiger partial charge in [0.05, 0.1) is 0 Å². The fourth-order valence-electron chi connectivity index (χ4n) is 0.978. The van der Waals surface area contributed by atoms with Crippen molar-refractivity contribution in [1.82, 2.24) is 10.2 Å². The van der Waals surface area contributed by atoms with Gasteiger partial charge in [0.1, 0.15) is 0 Å². The van der Waals surface area contributed by atoms with E-state index in [2.05, 4.69) is 26.1 Å². The minimum Gasteiger partial charge on any atom is -0.408 e. The third kappa shape index (κ3) is 1.65. The maximum atomic E-state index is 8.49. The molecule has 0 aliphatic heterocycles. The standard InChI is InChI=1S/C9H4BrN3O/c10-7-3-1-6(2-4-7)9-13-12-8(5-11)14-9/h1-4H. The molecule has 0 aliphatic rings. The quantitative estimate of drug-likeness (QED) is 0.779. The maximum absolute atomic E-state index is 8.49. The second kappa shape index (κ2) is 3.60. The molecule has 0 unspecified atom stereocenters. The van der Waals surface area contributed by atoms with Gasteiger partial charge in [-0.05, 0) is 24.3 Å². The van der Waals surface area contributed by atoms with E-state index in [1.807, 2.05) is 24.3 Å². The molecule has 0 fully saturated rings. The van der Waals surface area contributed by atoms with E-state index in [0.717, 1.165) is 10.0 Å². The van der Waals surface area contributed by atoms with Crippen molar-refractivity contribution in [2.24, 2.45) is 0 Å². The number of nitrogens with zero attached hydrogens (tertiary/aromatic N) is 3. The van der Waals surface area contributed by atoms with Crippen LogP contribution in [0.3, 0.4) is 0 Å². The van der Waals surface area contributed by atoms with Gasteiger partial charge >= 0.3 is 5.89 Å². The molecule has 0 amide bonds. The smallest absolute Gasteiger partial charge is 0.321 e. The van der Waals surface area contributed by atoms with E-state index in [9.17, 15) is 0 Å². The van der Waals surface area contributed by atoms with Crippen LogP contribution in [-0.2, 0) is 0 Å². The van der Waals surface area contributed by atoms with Crippen LogP contribution in [0, 0.1) is 11.3 Å². The molecular formula is C9H4BrN3O. The first kappa shape index (κ1) is 8.91. The number of nitriles is 1. The van der Waals surface area contributed by atoms with Crippen LogP contribution in [0.4, 0.5) is 0 Å². The van der Waals surface area contributed by atoms with Crippen molar-refractivity contribution in [3.8, 4) is 17.5 Å². The normalized spacial score (nSPS) is 9.71. The number of hydrogen-bond donors (Lipinski definition) is 0. The van der Waals surface area contributed by atoms with Crippen molar-refractivity contribution >= 4 is 15.9 Å². The van der Waals surface area contributed by atoms with Gasteiger partial charge in [-0.1, -0.05) is 21.0 Å². The van der Waals surface area contributed by atoms with Crippen molar-refractivity contribution < 1.29 is 4.42 Å². The van der Waals surface area contributed by atoms with Gasteiger partial charge < -0.3 is 4.42 Å². The highest BCUT2D eigenvalue weighted by molar-refractivity contribution is 9.10. The second-order valence-corrected chi connectivity index (χ2v) is 3.45. The Morgan fingerprint density at radius 2 is 1.93 bits per heavy atom. The first-order valence-corrected chi connectivity index (χ1v) is 4.58. The van der Waals surface area contributed by atoms with Gasteiger partial charge in [-0.2, -0.15) is 5.26 Å². The molecule has 2 rings (SSSR count). The van der Waals surface area contributed by atoms with Crippen molar-refractivity contribution in [1.29, 1.82) is 5.26 Å². The Morgan fingerprint density at radius 3 is 2.50 bits per heavy atom. The Labute approximate surface area is 88.3 Å². The number of hydrogen-bond acceptors (Lipinski definition) is 4. The average Bonchev–Trinajstić information content (AvgIpc) is 2.67. The Morgan fingerprint density at radius 1 is 1.21 bits per heavy atom. The summed E-state index contributed by atoms with van der Waals surface area (Å²) in [6.07, 6.45) is 0. The highest BCUT2D eigenvalue weighted by atomic mass is 79.9. The van der Waals surface area contributed by atoms with Crippen molar-refractivity contribution in [3.63, 3.8) is 0 Å². The lowest BCUT2D eigenvalue weighted by Gasteiger charge is -1.93. The highest BCUT2D eigenvalue weighted by Crippen LogP contribution is 2.19. The molecule has 1 aromatic carbocycles. The number of halogens is 1. The van der Waals surface area contributed by atoms with Gasteiger partial charge in [0.25, 0.3) is 0 Å². The van der Waals surface area contributed by atoms with E-state index >= 15 is 0 Å². The molecule has 0 N–H and O–H groups in total. The fraction of sp³-hybridized carbons (Fsp3) is 0. The largest absolute Gasteiger partial charge is 0.408 e. The summed E-state index contributed by atoms with van der Waals surface area (Å²) in [7, 11) is 0. The fourth-order valence-corrected chi connectivity index (χ4v) is 1.24. The molecule has 0 atom stereocenters. The SMILES string of the molecule is N#Cc1nnc(-c2ccc(Br)cc2)o1. The van der Waals surface area contributed by atoms with Crippen LogP contribution in [-0.4, -0.2) is 10.2 Å². The summed E-state index contributed by atoms with van der Waals surface area (Å²) in [5.41, 5.74) is 0.794. The summed E-state index contributed by atoms with van der Waals surface area (Å²) in [5.74, 6) is 0.331. The first-order valence-electron chi connectivity index (χ1n) is 3.79. The van der Waals surface area contributed by atoms with Crippen molar-refractivity contribution in [2.45, 2.75) is 0 Å². The number of benzene rings is 1. The maximum Gasteiger partial charge on any atom is 0.321 e. The third-order valence-corrected chi connectivity index (χ3v) is 2.14. The summed E-state index contributed by atoms with van der Waals surface area (Å²) < 4.78 is 6.03. The lowest BCUT2D eigenvalue weighted by atomic mass is 10.2. The zero-order valence-corrected chi connectivity index (χ0v) is 8.52. The molecule has 0 bridgehead atoms. The predicted molar refractivity (Wildman–Crippen MR) is 52.1 cm³/mol. The van der Waals surface area contributed by atoms with E-state index in [4.69, 9.17) is 9.68 Å². The average molecular weight is 250 g/mol. The molecule has 0 saturated heterocycles. The Bertz CT molecular complexity index is 484. The van der Waals surface area contributed by atoms with Crippen LogP contribution in [0.25, 0.3) is 11.5 Å². The molecule has 2 aromatic rings. The van der Waals surface area contributed by atoms with E-state index in [0.29, 0.717) is 5.89 Å². The minimum atomic E-state index is -0.0251. The predicted octanol–water partition coefficient (Wildman–Crippen LogP) is 2.37. The summed E-state index contributed by atoms with van der Waals surface area (Å²) in [6, 6.07) is 9.18. The van der Waals surface area contributed by atoms with E-state index in [1.54, 1.807) is 6.07 Å². The van der Waals surface area contributed by atoms with Crippen LogP contribution in [0.15, 0.2) is 33.2 Å². The first-order chi connectivity index (χ1) is 6.79. The Kier molecular flexibility index (Phi) is 2.29. The van der Waals surface area contributed by atoms with Gasteiger partial charge in [0.2, 0.25) is 5.89 Å². The van der Waals surface area contributed by atoms with E-state index in [1.165, 1.54) is 0 Å². The second-order valence-electron chi connectivity index (χ2n) is 2.53. The van der Waals surface area contributed by atoms with Gasteiger partial charge in [0.15, 0.2) is 6.07 Å². The van der Waals surface area contributed by atoms with Crippen LogP contribution in [0.2, 0.25) is 0 Å². The molecule has 4 nitrogen and oxygen atoms in total. The lowest BCUT2D eigenvalue weighted by molar-refractivity contribution is 0.553. The highest BCUT2D eigenvalue weighted by Gasteiger charge is 2.06. The molecule has 0 aliphatic carbocycles. The van der Waals surface area contributed by atoms with Crippen LogP contribution < -0.4 is 0 Å². The molecule has 1 aromatic heterocycles. The lowest BCUT2D eigenvalue weighted by Crippen LogP contribution is -1.76. The molecule has 0 spiro atoms. The summed E-state index contributed by atoms with van der Waals surface area (Å²) in [5, 5.41) is 15.8. The van der Waals surface area contributed by atoms with Gasteiger partial charge in [-0.3, -0.25) is 0 Å². The summed E-state index contributed by atoms with van der Waals surface area (Å²) in [6.45, 7) is 0. The van der Waals surface area contributed by atoms with Crippen LogP contribution in [0.1, 0.15) is 5.89 Å². The Hall–Kier alpha value is -1.67. The molecule has 1 heterocycles. The topological polar surface area (TPSA) is 62.7 Å². The molecule has 0 radical (unpaired) electrons. The zero-order chi connectivity index (χ0) is 9.97. The Balaban J connectivity index is 2.40. The van der Waals surface area contributed by atoms with E-state index in [-0.39, 0.29) is 5.89 Å². The van der Waals surface area contributed by atoms with Gasteiger partial charge in [-0.15, -0.1) is 5.10 Å². The molecule has 68 valence electrons. The molecule has 14 heavy (non-hydrogen) atoms. The minimum absolute atomic E-state index is 0.0251. The van der Waals surface area contributed by atoms with Gasteiger partial charge in [-0.25, -0.2) is 0 Å². The van der Waals surface area contributed by atoms with Gasteiger partial charge in [0, 0.05) is 10.0 Å². The van der Waals surface area contributed by atoms with Crippen LogP contribution in [0.5, 0.6) is 0 Å². The number of rotatable bonds is 1. The zero-order valence-electron chi connectivity index (χ0n) is 6.94. The molecular weight excluding hydrogens is 246 g/mol. The monoisotopic (exact) mass is 249 g/mol.